The molecule has 1 aromatic carbocycles. The highest BCUT2D eigenvalue weighted by Crippen LogP contribution is 2.24. The summed E-state index contributed by atoms with van der Waals surface area (Å²) in [7, 11) is 0. The molecule has 1 aliphatic heterocycles. The Morgan fingerprint density at radius 2 is 1.97 bits per heavy atom. The standard InChI is InChI=1S/C25H29ClN4O2/c26-20-16-22(25(29-17-20)32-14-4-13-30-11-2-1-3-12-30)23(31)8-6-18-5-7-21-19(15-18)9-10-28-24(21)27/h5,7,9-10,15-17H,1-4,6,8,11-14H2,(H2,27,28). The number of aryl methyl sites for hydroxylation is 1. The number of ketones is 1. The van der Waals surface area contributed by atoms with E-state index < -0.39 is 0 Å². The molecule has 0 bridgehead atoms. The van der Waals surface area contributed by atoms with Crippen LogP contribution in [0.2, 0.25) is 5.02 Å². The fraction of sp³-hybridized carbons (Fsp3) is 0.400. The zero-order valence-electron chi connectivity index (χ0n) is 18.2. The molecular weight excluding hydrogens is 424 g/mol. The van der Waals surface area contributed by atoms with Gasteiger partial charge in [-0.1, -0.05) is 36.2 Å². The summed E-state index contributed by atoms with van der Waals surface area (Å²) in [5.74, 6) is 0.855. The number of carbonyl (C=O) groups is 1. The van der Waals surface area contributed by atoms with Crippen LogP contribution in [0, 0.1) is 0 Å². The van der Waals surface area contributed by atoms with Crippen molar-refractivity contribution < 1.29 is 9.53 Å². The number of hydrogen-bond donors (Lipinski definition) is 1. The molecule has 1 saturated heterocycles. The molecule has 1 fully saturated rings. The summed E-state index contributed by atoms with van der Waals surface area (Å²) in [5, 5.41) is 2.37. The van der Waals surface area contributed by atoms with Crippen molar-refractivity contribution in [2.45, 2.75) is 38.5 Å². The number of fused-ring (bicyclic) bond motifs is 1. The molecular formula is C25H29ClN4O2. The number of likely N-dealkylation sites (tertiary alicyclic amines) is 1. The third-order valence-corrected chi connectivity index (χ3v) is 6.13. The number of benzene rings is 1. The minimum Gasteiger partial charge on any atom is -0.477 e. The second kappa shape index (κ2) is 10.7. The van der Waals surface area contributed by atoms with Crippen LogP contribution in [0.4, 0.5) is 5.82 Å². The lowest BCUT2D eigenvalue weighted by atomic mass is 10.0. The molecule has 0 saturated carbocycles. The molecule has 1 aliphatic rings. The first-order valence-electron chi connectivity index (χ1n) is 11.3. The lowest BCUT2D eigenvalue weighted by Gasteiger charge is -2.26. The van der Waals surface area contributed by atoms with Crippen LogP contribution >= 0.6 is 11.6 Å². The summed E-state index contributed by atoms with van der Waals surface area (Å²) in [4.78, 5) is 23.8. The molecule has 2 N–H and O–H groups in total. The van der Waals surface area contributed by atoms with Crippen molar-refractivity contribution in [3.8, 4) is 5.88 Å². The van der Waals surface area contributed by atoms with E-state index in [2.05, 4.69) is 20.9 Å². The molecule has 0 atom stereocenters. The van der Waals surface area contributed by atoms with Crippen LogP contribution < -0.4 is 10.5 Å². The van der Waals surface area contributed by atoms with Gasteiger partial charge >= 0.3 is 0 Å². The van der Waals surface area contributed by atoms with E-state index in [-0.39, 0.29) is 5.78 Å². The van der Waals surface area contributed by atoms with Gasteiger partial charge < -0.3 is 15.4 Å². The number of ether oxygens (including phenoxy) is 1. The van der Waals surface area contributed by atoms with Gasteiger partial charge in [0.1, 0.15) is 5.82 Å². The Balaban J connectivity index is 1.35. The van der Waals surface area contributed by atoms with Crippen molar-refractivity contribution in [1.82, 2.24) is 14.9 Å². The average Bonchev–Trinajstić information content (AvgIpc) is 2.82. The monoisotopic (exact) mass is 452 g/mol. The van der Waals surface area contributed by atoms with Crippen molar-refractivity contribution in [3.05, 3.63) is 58.9 Å². The molecule has 3 heterocycles. The van der Waals surface area contributed by atoms with Crippen LogP contribution in [-0.4, -0.2) is 46.9 Å². The van der Waals surface area contributed by atoms with Gasteiger partial charge in [-0.3, -0.25) is 4.79 Å². The molecule has 7 heteroatoms. The number of hydrogen-bond acceptors (Lipinski definition) is 6. The second-order valence-electron chi connectivity index (χ2n) is 8.29. The molecule has 0 unspecified atom stereocenters. The quantitative estimate of drug-likeness (QED) is 0.366. The SMILES string of the molecule is Nc1nccc2cc(CCC(=O)c3cc(Cl)cnc3OCCCN3CCCCC3)ccc12. The minimum absolute atomic E-state index is 0.0274. The zero-order chi connectivity index (χ0) is 22.3. The van der Waals surface area contributed by atoms with Crippen molar-refractivity contribution in [2.24, 2.45) is 0 Å². The number of aromatic nitrogens is 2. The number of nitrogens with zero attached hydrogens (tertiary/aromatic N) is 3. The summed E-state index contributed by atoms with van der Waals surface area (Å²) in [6, 6.07) is 9.57. The van der Waals surface area contributed by atoms with Gasteiger partial charge in [-0.25, -0.2) is 9.97 Å². The largest absolute Gasteiger partial charge is 0.477 e. The first-order valence-corrected chi connectivity index (χ1v) is 11.6. The lowest BCUT2D eigenvalue weighted by Crippen LogP contribution is -2.31. The van der Waals surface area contributed by atoms with E-state index in [1.165, 1.54) is 38.5 Å². The molecule has 168 valence electrons. The summed E-state index contributed by atoms with van der Waals surface area (Å²) in [6.45, 7) is 3.88. The van der Waals surface area contributed by atoms with E-state index in [0.717, 1.165) is 29.3 Å². The lowest BCUT2D eigenvalue weighted by molar-refractivity contribution is 0.0977. The molecule has 0 amide bonds. The van der Waals surface area contributed by atoms with Gasteiger partial charge in [0.05, 0.1) is 17.2 Å². The van der Waals surface area contributed by atoms with E-state index in [9.17, 15) is 4.79 Å². The van der Waals surface area contributed by atoms with Crippen LogP contribution in [0.1, 0.15) is 48.0 Å². The number of Topliss-reactive ketones (excluding diaryl/α,β-unsaturated/α-hetero) is 1. The fourth-order valence-corrected chi connectivity index (χ4v) is 4.34. The summed E-state index contributed by atoms with van der Waals surface area (Å²) in [6.07, 6.45) is 8.97. The Labute approximate surface area is 193 Å². The molecule has 0 spiro atoms. The Morgan fingerprint density at radius 3 is 2.81 bits per heavy atom. The van der Waals surface area contributed by atoms with E-state index in [1.54, 1.807) is 12.3 Å². The predicted octanol–water partition coefficient (Wildman–Crippen LogP) is 4.94. The molecule has 0 aliphatic carbocycles. The maximum absolute atomic E-state index is 13.0. The Morgan fingerprint density at radius 1 is 1.12 bits per heavy atom. The first-order chi connectivity index (χ1) is 15.6. The maximum Gasteiger partial charge on any atom is 0.224 e. The highest BCUT2D eigenvalue weighted by molar-refractivity contribution is 6.30. The number of anilines is 1. The number of pyridine rings is 2. The number of nitrogen functional groups attached to an aromatic ring is 1. The Hall–Kier alpha value is -2.70. The summed E-state index contributed by atoms with van der Waals surface area (Å²) < 4.78 is 5.89. The van der Waals surface area contributed by atoms with Crippen molar-refractivity contribution >= 4 is 34.0 Å². The summed E-state index contributed by atoms with van der Waals surface area (Å²) in [5.41, 5.74) is 7.44. The predicted molar refractivity (Wildman–Crippen MR) is 128 cm³/mol. The van der Waals surface area contributed by atoms with Crippen LogP contribution in [0.25, 0.3) is 10.8 Å². The van der Waals surface area contributed by atoms with E-state index in [0.29, 0.717) is 41.7 Å². The molecule has 32 heavy (non-hydrogen) atoms. The number of halogens is 1. The number of nitrogens with two attached hydrogens (primary N) is 1. The van der Waals surface area contributed by atoms with Crippen molar-refractivity contribution in [1.29, 1.82) is 0 Å². The Bertz CT molecular complexity index is 1080. The van der Waals surface area contributed by atoms with Gasteiger partial charge in [0, 0.05) is 30.7 Å². The highest BCUT2D eigenvalue weighted by atomic mass is 35.5. The Kier molecular flexibility index (Phi) is 7.55. The van der Waals surface area contributed by atoms with Crippen LogP contribution in [0.15, 0.2) is 42.7 Å². The van der Waals surface area contributed by atoms with Crippen LogP contribution in [0.3, 0.4) is 0 Å². The average molecular weight is 453 g/mol. The number of carbonyl (C=O) groups excluding carboxylic acids is 1. The third kappa shape index (κ3) is 5.75. The van der Waals surface area contributed by atoms with Gasteiger partial charge in [0.25, 0.3) is 0 Å². The zero-order valence-corrected chi connectivity index (χ0v) is 19.0. The number of rotatable bonds is 9. The first kappa shape index (κ1) is 22.5. The van der Waals surface area contributed by atoms with Gasteiger partial charge in [-0.2, -0.15) is 0 Å². The van der Waals surface area contributed by atoms with Crippen LogP contribution in [-0.2, 0) is 6.42 Å². The van der Waals surface area contributed by atoms with Crippen molar-refractivity contribution in [3.63, 3.8) is 0 Å². The van der Waals surface area contributed by atoms with Crippen LogP contribution in [0.5, 0.6) is 5.88 Å². The van der Waals surface area contributed by atoms with Gasteiger partial charge in [0.2, 0.25) is 5.88 Å². The maximum atomic E-state index is 13.0. The molecule has 4 rings (SSSR count). The van der Waals surface area contributed by atoms with Crippen molar-refractivity contribution in [2.75, 3.05) is 32.0 Å². The topological polar surface area (TPSA) is 81.3 Å². The fourth-order valence-electron chi connectivity index (χ4n) is 4.18. The van der Waals surface area contributed by atoms with Gasteiger partial charge in [-0.05, 0) is 61.9 Å². The van der Waals surface area contributed by atoms with E-state index >= 15 is 0 Å². The second-order valence-corrected chi connectivity index (χ2v) is 8.72. The smallest absolute Gasteiger partial charge is 0.224 e. The minimum atomic E-state index is -0.0274. The number of piperidine rings is 1. The molecule has 3 aromatic rings. The molecule has 2 aromatic heterocycles. The highest BCUT2D eigenvalue weighted by Gasteiger charge is 2.16. The van der Waals surface area contributed by atoms with E-state index in [4.69, 9.17) is 22.1 Å². The van der Waals surface area contributed by atoms with Gasteiger partial charge in [0.15, 0.2) is 5.78 Å². The third-order valence-electron chi connectivity index (χ3n) is 5.92. The summed E-state index contributed by atoms with van der Waals surface area (Å²) >= 11 is 6.13. The molecule has 6 nitrogen and oxygen atoms in total. The van der Waals surface area contributed by atoms with E-state index in [1.807, 2.05) is 18.2 Å². The normalized spacial score (nSPS) is 14.5. The molecule has 0 radical (unpaired) electrons. The van der Waals surface area contributed by atoms with Gasteiger partial charge in [-0.15, -0.1) is 0 Å².